The third-order valence-corrected chi connectivity index (χ3v) is 3.30. The highest BCUT2D eigenvalue weighted by Crippen LogP contribution is 2.17. The van der Waals surface area contributed by atoms with Gasteiger partial charge < -0.3 is 9.64 Å². The lowest BCUT2D eigenvalue weighted by Gasteiger charge is -2.30. The molecular formula is C15H17NO4. The molecule has 5 heteroatoms. The molecule has 1 amide bonds. The Hall–Kier alpha value is -2.17. The van der Waals surface area contributed by atoms with Gasteiger partial charge in [0, 0.05) is 25.1 Å². The number of benzene rings is 1. The molecule has 0 radical (unpaired) electrons. The van der Waals surface area contributed by atoms with Gasteiger partial charge in [0.05, 0.1) is 6.61 Å². The Morgan fingerprint density at radius 3 is 2.65 bits per heavy atom. The van der Waals surface area contributed by atoms with E-state index >= 15 is 0 Å². The van der Waals surface area contributed by atoms with Crippen molar-refractivity contribution in [3.8, 4) is 0 Å². The fourth-order valence-corrected chi connectivity index (χ4v) is 2.23. The molecule has 1 saturated heterocycles. The minimum atomic E-state index is -0.851. The molecule has 1 fully saturated rings. The number of rotatable bonds is 3. The maximum absolute atomic E-state index is 12.3. The molecule has 0 unspecified atom stereocenters. The van der Waals surface area contributed by atoms with E-state index in [1.807, 2.05) is 6.07 Å². The van der Waals surface area contributed by atoms with Crippen LogP contribution in [0.1, 0.15) is 23.7 Å². The quantitative estimate of drug-likeness (QED) is 0.616. The Bertz CT molecular complexity index is 512. The first-order valence-corrected chi connectivity index (χ1v) is 6.67. The zero-order valence-corrected chi connectivity index (χ0v) is 11.4. The number of nitrogens with zero attached hydrogens (tertiary/aromatic N) is 1. The first-order chi connectivity index (χ1) is 9.63. The van der Waals surface area contributed by atoms with Crippen molar-refractivity contribution >= 4 is 17.7 Å². The van der Waals surface area contributed by atoms with Crippen LogP contribution in [0.4, 0.5) is 0 Å². The molecule has 5 nitrogen and oxygen atoms in total. The summed E-state index contributed by atoms with van der Waals surface area (Å²) in [5.41, 5.74) is 0.560. The molecule has 1 heterocycles. The van der Waals surface area contributed by atoms with Crippen LogP contribution in [0, 0.1) is 5.92 Å². The average molecular weight is 275 g/mol. The molecule has 0 N–H and O–H groups in total. The van der Waals surface area contributed by atoms with Gasteiger partial charge in [0.15, 0.2) is 5.78 Å². The van der Waals surface area contributed by atoms with Crippen molar-refractivity contribution in [1.29, 1.82) is 0 Å². The van der Waals surface area contributed by atoms with Crippen LogP contribution in [0.15, 0.2) is 30.3 Å². The molecule has 0 saturated carbocycles. The second-order valence-electron chi connectivity index (χ2n) is 4.64. The van der Waals surface area contributed by atoms with E-state index in [9.17, 15) is 14.4 Å². The maximum Gasteiger partial charge on any atom is 0.318 e. The summed E-state index contributed by atoms with van der Waals surface area (Å²) in [6, 6.07) is 8.84. The van der Waals surface area contributed by atoms with Crippen molar-refractivity contribution in [3.05, 3.63) is 35.9 Å². The second-order valence-corrected chi connectivity index (χ2v) is 4.64. The Morgan fingerprint density at radius 2 is 2.00 bits per heavy atom. The zero-order valence-electron chi connectivity index (χ0n) is 11.4. The van der Waals surface area contributed by atoms with E-state index in [1.165, 1.54) is 0 Å². The Balaban J connectivity index is 2.09. The molecule has 0 aliphatic carbocycles. The SMILES string of the molecule is CCOC(=O)[C@@H]1CN(C(=O)c2ccccc2)CCC1=O. The van der Waals surface area contributed by atoms with Gasteiger partial charge in [-0.15, -0.1) is 0 Å². The second kappa shape index (κ2) is 6.32. The number of piperidine rings is 1. The Kier molecular flexibility index (Phi) is 4.50. The molecule has 0 aromatic heterocycles. The average Bonchev–Trinajstić information content (AvgIpc) is 2.48. The lowest BCUT2D eigenvalue weighted by atomic mass is 9.96. The minimum absolute atomic E-state index is 0.103. The van der Waals surface area contributed by atoms with Crippen LogP contribution in [-0.4, -0.2) is 42.3 Å². The molecule has 1 aliphatic heterocycles. The molecule has 1 aromatic rings. The van der Waals surface area contributed by atoms with E-state index in [2.05, 4.69) is 0 Å². The number of amides is 1. The number of ether oxygens (including phenoxy) is 1. The van der Waals surface area contributed by atoms with Crippen molar-refractivity contribution in [3.63, 3.8) is 0 Å². The first kappa shape index (κ1) is 14.2. The summed E-state index contributed by atoms with van der Waals surface area (Å²) < 4.78 is 4.89. The van der Waals surface area contributed by atoms with Gasteiger partial charge in [0.25, 0.3) is 5.91 Å². The predicted molar refractivity (Wildman–Crippen MR) is 72.1 cm³/mol. The monoisotopic (exact) mass is 275 g/mol. The molecule has 1 atom stereocenters. The number of Topliss-reactive ketones (excluding diaryl/α,β-unsaturated/α-hetero) is 1. The summed E-state index contributed by atoms with van der Waals surface area (Å²) in [6.07, 6.45) is 0.196. The fourth-order valence-electron chi connectivity index (χ4n) is 2.23. The van der Waals surface area contributed by atoms with E-state index in [4.69, 9.17) is 4.74 Å². The van der Waals surface area contributed by atoms with Crippen molar-refractivity contribution < 1.29 is 19.1 Å². The summed E-state index contributed by atoms with van der Waals surface area (Å²) in [6.45, 7) is 2.38. The third kappa shape index (κ3) is 3.04. The van der Waals surface area contributed by atoms with Crippen LogP contribution in [-0.2, 0) is 14.3 Å². The number of ketones is 1. The molecule has 1 aromatic carbocycles. The number of hydrogen-bond donors (Lipinski definition) is 0. The van der Waals surface area contributed by atoms with Gasteiger partial charge in [-0.05, 0) is 19.1 Å². The van der Waals surface area contributed by atoms with Gasteiger partial charge in [0.1, 0.15) is 5.92 Å². The summed E-state index contributed by atoms with van der Waals surface area (Å²) in [5, 5.41) is 0. The van der Waals surface area contributed by atoms with Crippen molar-refractivity contribution in [2.24, 2.45) is 5.92 Å². The van der Waals surface area contributed by atoms with Crippen LogP contribution in [0.2, 0.25) is 0 Å². The highest BCUT2D eigenvalue weighted by molar-refractivity contribution is 6.02. The lowest BCUT2D eigenvalue weighted by molar-refractivity contribution is -0.153. The van der Waals surface area contributed by atoms with Crippen molar-refractivity contribution in [2.75, 3.05) is 19.7 Å². The molecule has 106 valence electrons. The van der Waals surface area contributed by atoms with E-state index < -0.39 is 11.9 Å². The molecule has 1 aliphatic rings. The number of esters is 1. The smallest absolute Gasteiger partial charge is 0.318 e. The standard InChI is InChI=1S/C15H17NO4/c1-2-20-15(19)12-10-16(9-8-13(12)17)14(18)11-6-4-3-5-7-11/h3-7,12H,2,8-10H2,1H3/t12-/m1/s1. The highest BCUT2D eigenvalue weighted by atomic mass is 16.5. The largest absolute Gasteiger partial charge is 0.465 e. The van der Waals surface area contributed by atoms with Crippen LogP contribution in [0.3, 0.4) is 0 Å². The van der Waals surface area contributed by atoms with Crippen LogP contribution < -0.4 is 0 Å². The van der Waals surface area contributed by atoms with Gasteiger partial charge in [-0.1, -0.05) is 18.2 Å². The summed E-state index contributed by atoms with van der Waals surface area (Å²) >= 11 is 0. The van der Waals surface area contributed by atoms with Crippen LogP contribution in [0.25, 0.3) is 0 Å². The van der Waals surface area contributed by atoms with Crippen LogP contribution in [0.5, 0.6) is 0 Å². The Labute approximate surface area is 117 Å². The van der Waals surface area contributed by atoms with Gasteiger partial charge in [-0.25, -0.2) is 0 Å². The van der Waals surface area contributed by atoms with Crippen molar-refractivity contribution in [1.82, 2.24) is 4.90 Å². The molecule has 2 rings (SSSR count). The zero-order chi connectivity index (χ0) is 14.5. The third-order valence-electron chi connectivity index (χ3n) is 3.30. The predicted octanol–water partition coefficient (Wildman–Crippen LogP) is 1.28. The number of carbonyl (C=O) groups excluding carboxylic acids is 3. The minimum Gasteiger partial charge on any atom is -0.465 e. The topological polar surface area (TPSA) is 63.7 Å². The first-order valence-electron chi connectivity index (χ1n) is 6.67. The molecule has 0 bridgehead atoms. The van der Waals surface area contributed by atoms with Gasteiger partial charge in [-0.3, -0.25) is 14.4 Å². The number of carbonyl (C=O) groups is 3. The molecule has 0 spiro atoms. The van der Waals surface area contributed by atoms with Crippen molar-refractivity contribution in [2.45, 2.75) is 13.3 Å². The normalized spacial score (nSPS) is 18.8. The summed E-state index contributed by atoms with van der Waals surface area (Å²) in [7, 11) is 0. The highest BCUT2D eigenvalue weighted by Gasteiger charge is 2.35. The number of likely N-dealkylation sites (tertiary alicyclic amines) is 1. The fraction of sp³-hybridized carbons (Fsp3) is 0.400. The van der Waals surface area contributed by atoms with E-state index in [1.54, 1.807) is 36.1 Å². The number of hydrogen-bond acceptors (Lipinski definition) is 4. The maximum atomic E-state index is 12.3. The van der Waals surface area contributed by atoms with Gasteiger partial charge in [0.2, 0.25) is 0 Å². The van der Waals surface area contributed by atoms with E-state index in [0.717, 1.165) is 0 Å². The van der Waals surface area contributed by atoms with Gasteiger partial charge >= 0.3 is 5.97 Å². The molecule has 20 heavy (non-hydrogen) atoms. The molecular weight excluding hydrogens is 258 g/mol. The van der Waals surface area contributed by atoms with E-state index in [-0.39, 0.29) is 31.3 Å². The summed E-state index contributed by atoms with van der Waals surface area (Å²) in [5.74, 6) is -1.70. The Morgan fingerprint density at radius 1 is 1.30 bits per heavy atom. The van der Waals surface area contributed by atoms with E-state index in [0.29, 0.717) is 12.1 Å². The van der Waals surface area contributed by atoms with Gasteiger partial charge in [-0.2, -0.15) is 0 Å². The lowest BCUT2D eigenvalue weighted by Crippen LogP contribution is -2.47. The summed E-state index contributed by atoms with van der Waals surface area (Å²) in [4.78, 5) is 37.3. The van der Waals surface area contributed by atoms with Crippen LogP contribution >= 0.6 is 0 Å².